The van der Waals surface area contributed by atoms with Gasteiger partial charge in [0, 0.05) is 13.0 Å². The second kappa shape index (κ2) is 9.25. The van der Waals surface area contributed by atoms with Crippen LogP contribution in [0.1, 0.15) is 59.8 Å². The van der Waals surface area contributed by atoms with E-state index in [0.29, 0.717) is 0 Å². The molecule has 0 bridgehead atoms. The molecule has 1 heterocycles. The van der Waals surface area contributed by atoms with Gasteiger partial charge in [-0.1, -0.05) is 34.1 Å². The molecule has 1 aliphatic heterocycles. The second-order valence-corrected chi connectivity index (χ2v) is 9.25. The summed E-state index contributed by atoms with van der Waals surface area (Å²) in [5.74, 6) is -0.579. The number of hydrogen-bond acceptors (Lipinski definition) is 4. The van der Waals surface area contributed by atoms with E-state index in [2.05, 4.69) is 34.2 Å². The molecule has 1 rings (SSSR count). The molecule has 0 radical (unpaired) electrons. The monoisotopic (exact) mass is 318 g/mol. The molecule has 21 heavy (non-hydrogen) atoms. The van der Waals surface area contributed by atoms with Crippen molar-refractivity contribution in [2.24, 2.45) is 0 Å². The van der Waals surface area contributed by atoms with Gasteiger partial charge in [0.05, 0.1) is 13.2 Å². The maximum Gasteiger partial charge on any atom is 0.335 e. The zero-order chi connectivity index (χ0) is 15.8. The van der Waals surface area contributed by atoms with Gasteiger partial charge in [-0.25, -0.2) is 0 Å². The molecule has 1 saturated heterocycles. The highest BCUT2D eigenvalue weighted by Gasteiger charge is 2.45. The summed E-state index contributed by atoms with van der Waals surface area (Å²) >= 11 is 0. The minimum absolute atomic E-state index is 0.0390. The van der Waals surface area contributed by atoms with E-state index in [1.54, 1.807) is 0 Å². The van der Waals surface area contributed by atoms with Crippen LogP contribution >= 0.6 is 0 Å². The number of ether oxygens (including phenoxy) is 2. The first-order valence-corrected chi connectivity index (χ1v) is 11.2. The minimum Gasteiger partial charge on any atom is -0.394 e. The van der Waals surface area contributed by atoms with Crippen LogP contribution in [0.3, 0.4) is 0 Å². The Bertz CT molecular complexity index is 281. The molecule has 0 N–H and O–H groups in total. The van der Waals surface area contributed by atoms with Crippen LogP contribution in [0.5, 0.6) is 0 Å². The fourth-order valence-electron chi connectivity index (χ4n) is 2.93. The number of rotatable bonds is 10. The van der Waals surface area contributed by atoms with E-state index in [-0.39, 0.29) is 6.10 Å². The van der Waals surface area contributed by atoms with E-state index in [4.69, 9.17) is 18.3 Å². The third-order valence-electron chi connectivity index (χ3n) is 4.04. The highest BCUT2D eigenvalue weighted by atomic mass is 28.4. The molecule has 0 saturated carbocycles. The lowest BCUT2D eigenvalue weighted by Crippen LogP contribution is -2.55. The van der Waals surface area contributed by atoms with E-state index in [1.165, 1.54) is 0 Å². The summed E-state index contributed by atoms with van der Waals surface area (Å²) < 4.78 is 24.7. The summed E-state index contributed by atoms with van der Waals surface area (Å²) in [6.45, 7) is 13.1. The third-order valence-corrected chi connectivity index (χ3v) is 7.05. The van der Waals surface area contributed by atoms with E-state index in [1.807, 2.05) is 0 Å². The molecule has 2 atom stereocenters. The van der Waals surface area contributed by atoms with Crippen LogP contribution in [0.4, 0.5) is 0 Å². The molecular weight excluding hydrogens is 284 g/mol. The van der Waals surface area contributed by atoms with Crippen LogP contribution < -0.4 is 0 Å². The standard InChI is InChI=1S/C16H34O4Si/c1-6-11-19-21(5,14-7-2)20-15(8-3)16(9-4)17-12-10-13-18-16/h15H,6-14H2,1-5H3. The molecule has 4 nitrogen and oxygen atoms in total. The van der Waals surface area contributed by atoms with Crippen molar-refractivity contribution in [3.8, 4) is 0 Å². The topological polar surface area (TPSA) is 36.9 Å². The molecule has 5 heteroatoms. The Hall–Kier alpha value is 0.0569. The molecule has 0 aliphatic carbocycles. The highest BCUT2D eigenvalue weighted by Crippen LogP contribution is 2.33. The summed E-state index contributed by atoms with van der Waals surface area (Å²) in [5, 5.41) is 0. The molecule has 0 amide bonds. The third kappa shape index (κ3) is 5.32. The number of hydrogen-bond donors (Lipinski definition) is 0. The maximum absolute atomic E-state index is 6.53. The smallest absolute Gasteiger partial charge is 0.335 e. The van der Waals surface area contributed by atoms with Crippen LogP contribution in [0.2, 0.25) is 12.6 Å². The van der Waals surface area contributed by atoms with Crippen molar-refractivity contribution in [2.45, 2.75) is 84.3 Å². The van der Waals surface area contributed by atoms with Gasteiger partial charge in [-0.2, -0.15) is 0 Å². The van der Waals surface area contributed by atoms with Gasteiger partial charge < -0.3 is 18.3 Å². The molecule has 2 unspecified atom stereocenters. The van der Waals surface area contributed by atoms with Crippen molar-refractivity contribution >= 4 is 8.56 Å². The normalized spacial score (nSPS) is 22.7. The summed E-state index contributed by atoms with van der Waals surface area (Å²) in [6.07, 6.45) is 4.74. The summed E-state index contributed by atoms with van der Waals surface area (Å²) in [4.78, 5) is 0. The largest absolute Gasteiger partial charge is 0.394 e. The lowest BCUT2D eigenvalue weighted by atomic mass is 10.0. The van der Waals surface area contributed by atoms with Gasteiger partial charge in [0.15, 0.2) is 5.79 Å². The molecule has 0 aromatic heterocycles. The van der Waals surface area contributed by atoms with Crippen LogP contribution in [0, 0.1) is 0 Å². The average molecular weight is 319 g/mol. The first-order chi connectivity index (χ1) is 10.1. The minimum atomic E-state index is -2.16. The first-order valence-electron chi connectivity index (χ1n) is 8.65. The Kier molecular flexibility index (Phi) is 8.42. The van der Waals surface area contributed by atoms with Gasteiger partial charge in [-0.15, -0.1) is 0 Å². The van der Waals surface area contributed by atoms with Crippen LogP contribution in [0.15, 0.2) is 0 Å². The van der Waals surface area contributed by atoms with Gasteiger partial charge in [0.2, 0.25) is 0 Å². The molecule has 1 aliphatic rings. The van der Waals surface area contributed by atoms with Gasteiger partial charge in [-0.05, 0) is 31.9 Å². The zero-order valence-electron chi connectivity index (χ0n) is 14.6. The van der Waals surface area contributed by atoms with E-state index in [9.17, 15) is 0 Å². The Morgan fingerprint density at radius 2 is 1.76 bits per heavy atom. The lowest BCUT2D eigenvalue weighted by Gasteiger charge is -2.44. The average Bonchev–Trinajstić information content (AvgIpc) is 2.51. The van der Waals surface area contributed by atoms with Crippen molar-refractivity contribution in [3.05, 3.63) is 0 Å². The quantitative estimate of drug-likeness (QED) is 0.565. The fraction of sp³-hybridized carbons (Fsp3) is 1.00. The molecule has 126 valence electrons. The van der Waals surface area contributed by atoms with Crippen molar-refractivity contribution in [1.82, 2.24) is 0 Å². The van der Waals surface area contributed by atoms with E-state index >= 15 is 0 Å². The molecule has 0 aromatic rings. The molecule has 0 aromatic carbocycles. The Morgan fingerprint density at radius 1 is 1.10 bits per heavy atom. The van der Waals surface area contributed by atoms with Crippen molar-refractivity contribution in [1.29, 1.82) is 0 Å². The SMILES string of the molecule is CCCO[Si](C)(CCC)OC(CC)C1(CC)OCCCO1. The van der Waals surface area contributed by atoms with Crippen LogP contribution in [0.25, 0.3) is 0 Å². The zero-order valence-corrected chi connectivity index (χ0v) is 15.6. The molecular formula is C16H34O4Si. The Labute approximate surface area is 131 Å². The summed E-state index contributed by atoms with van der Waals surface area (Å²) in [7, 11) is -2.16. The fourth-order valence-corrected chi connectivity index (χ4v) is 5.75. The Balaban J connectivity index is 2.80. The van der Waals surface area contributed by atoms with Gasteiger partial charge in [0.25, 0.3) is 0 Å². The highest BCUT2D eigenvalue weighted by molar-refractivity contribution is 6.66. The van der Waals surface area contributed by atoms with Gasteiger partial charge in [0.1, 0.15) is 6.10 Å². The van der Waals surface area contributed by atoms with Crippen molar-refractivity contribution in [2.75, 3.05) is 19.8 Å². The van der Waals surface area contributed by atoms with Crippen molar-refractivity contribution < 1.29 is 18.3 Å². The second-order valence-electron chi connectivity index (χ2n) is 5.96. The van der Waals surface area contributed by atoms with Crippen molar-refractivity contribution in [3.63, 3.8) is 0 Å². The van der Waals surface area contributed by atoms with E-state index in [0.717, 1.165) is 58.0 Å². The summed E-state index contributed by atoms with van der Waals surface area (Å²) in [6, 6.07) is 1.02. The predicted molar refractivity (Wildman–Crippen MR) is 87.7 cm³/mol. The van der Waals surface area contributed by atoms with Crippen LogP contribution in [-0.4, -0.2) is 40.3 Å². The predicted octanol–water partition coefficient (Wildman–Crippen LogP) is 4.23. The first kappa shape index (κ1) is 19.1. The lowest BCUT2D eigenvalue weighted by molar-refractivity contribution is -0.307. The maximum atomic E-state index is 6.53. The van der Waals surface area contributed by atoms with Crippen LogP contribution in [-0.2, 0) is 18.3 Å². The van der Waals surface area contributed by atoms with Gasteiger partial charge >= 0.3 is 8.56 Å². The molecule has 0 spiro atoms. The van der Waals surface area contributed by atoms with Gasteiger partial charge in [-0.3, -0.25) is 0 Å². The Morgan fingerprint density at radius 3 is 2.24 bits per heavy atom. The summed E-state index contributed by atoms with van der Waals surface area (Å²) in [5.41, 5.74) is 0. The van der Waals surface area contributed by atoms with E-state index < -0.39 is 14.3 Å². The molecule has 1 fully saturated rings.